The van der Waals surface area contributed by atoms with Crippen LogP contribution in [0.15, 0.2) is 24.3 Å². The van der Waals surface area contributed by atoms with Crippen molar-refractivity contribution in [3.63, 3.8) is 0 Å². The summed E-state index contributed by atoms with van der Waals surface area (Å²) in [5.41, 5.74) is 0.331. The number of imide groups is 1. The van der Waals surface area contributed by atoms with Gasteiger partial charge in [-0.2, -0.15) is 0 Å². The quantitative estimate of drug-likeness (QED) is 0.809. The predicted molar refractivity (Wildman–Crippen MR) is 87.6 cm³/mol. The van der Waals surface area contributed by atoms with Gasteiger partial charge in [0.1, 0.15) is 5.75 Å². The van der Waals surface area contributed by atoms with Crippen molar-refractivity contribution in [3.05, 3.63) is 29.8 Å². The van der Waals surface area contributed by atoms with Crippen molar-refractivity contribution in [2.24, 2.45) is 5.92 Å². The molecule has 2 rings (SSSR count). The number of nitrogens with one attached hydrogen (secondary N) is 1. The first-order chi connectivity index (χ1) is 11.6. The van der Waals surface area contributed by atoms with Crippen LogP contribution in [0.25, 0.3) is 0 Å². The largest absolute Gasteiger partial charge is 0.497 e. The van der Waals surface area contributed by atoms with E-state index in [2.05, 4.69) is 5.32 Å². The summed E-state index contributed by atoms with van der Waals surface area (Å²) in [6.07, 6.45) is 5.94. The van der Waals surface area contributed by atoms with E-state index in [4.69, 9.17) is 9.47 Å². The van der Waals surface area contributed by atoms with Gasteiger partial charge in [-0.3, -0.25) is 19.7 Å². The lowest BCUT2D eigenvalue weighted by Crippen LogP contribution is -2.34. The van der Waals surface area contributed by atoms with Gasteiger partial charge in [-0.1, -0.05) is 19.3 Å². The molecule has 1 saturated carbocycles. The van der Waals surface area contributed by atoms with Gasteiger partial charge in [0.2, 0.25) is 0 Å². The number of methoxy groups -OCH3 is 1. The van der Waals surface area contributed by atoms with Crippen LogP contribution >= 0.6 is 0 Å². The zero-order chi connectivity index (χ0) is 17.4. The van der Waals surface area contributed by atoms with Crippen LogP contribution in [0, 0.1) is 5.92 Å². The third-order valence-electron chi connectivity index (χ3n) is 4.15. The molecule has 1 aliphatic carbocycles. The highest BCUT2D eigenvalue weighted by Crippen LogP contribution is 2.26. The highest BCUT2D eigenvalue weighted by molar-refractivity contribution is 6.05. The Hall–Kier alpha value is -2.37. The second-order valence-electron chi connectivity index (χ2n) is 5.97. The van der Waals surface area contributed by atoms with Crippen LogP contribution in [0.1, 0.15) is 48.9 Å². The summed E-state index contributed by atoms with van der Waals surface area (Å²) in [7, 11) is 1.53. The molecule has 6 heteroatoms. The summed E-state index contributed by atoms with van der Waals surface area (Å²) in [5.74, 6) is -0.572. The molecule has 1 aliphatic rings. The summed E-state index contributed by atoms with van der Waals surface area (Å²) in [6.45, 7) is -0.437. The zero-order valence-corrected chi connectivity index (χ0v) is 13.9. The summed E-state index contributed by atoms with van der Waals surface area (Å²) >= 11 is 0. The van der Waals surface area contributed by atoms with E-state index in [1.807, 2.05) is 0 Å². The smallest absolute Gasteiger partial charge is 0.306 e. The molecular weight excluding hydrogens is 310 g/mol. The molecule has 1 aromatic carbocycles. The Morgan fingerprint density at radius 3 is 2.38 bits per heavy atom. The normalized spacial score (nSPS) is 14.7. The minimum atomic E-state index is -0.632. The van der Waals surface area contributed by atoms with Crippen molar-refractivity contribution in [2.75, 3.05) is 13.7 Å². The van der Waals surface area contributed by atoms with Gasteiger partial charge >= 0.3 is 5.97 Å². The number of rotatable bonds is 6. The van der Waals surface area contributed by atoms with Crippen LogP contribution in [0.5, 0.6) is 5.75 Å². The maximum Gasteiger partial charge on any atom is 0.306 e. The molecule has 0 atom stereocenters. The second-order valence-corrected chi connectivity index (χ2v) is 5.97. The highest BCUT2D eigenvalue weighted by atomic mass is 16.5. The van der Waals surface area contributed by atoms with Crippen molar-refractivity contribution in [1.82, 2.24) is 5.32 Å². The Kier molecular flexibility index (Phi) is 6.78. The van der Waals surface area contributed by atoms with Crippen LogP contribution in [0.2, 0.25) is 0 Å². The Balaban J connectivity index is 1.71. The second kappa shape index (κ2) is 9.05. The molecule has 1 aromatic rings. The minimum absolute atomic E-state index is 0.331. The molecule has 0 saturated heterocycles. The topological polar surface area (TPSA) is 81.7 Å². The molecule has 2 amide bonds. The Bertz CT molecular complexity index is 576. The van der Waals surface area contributed by atoms with Gasteiger partial charge in [0.15, 0.2) is 6.61 Å². The van der Waals surface area contributed by atoms with Crippen LogP contribution in [-0.2, 0) is 14.3 Å². The van der Waals surface area contributed by atoms with E-state index < -0.39 is 18.4 Å². The van der Waals surface area contributed by atoms with Crippen molar-refractivity contribution < 1.29 is 23.9 Å². The SMILES string of the molecule is COc1ccc(C(=O)NC(=O)COC(=O)CC2CCCCC2)cc1. The maximum absolute atomic E-state index is 11.9. The first kappa shape index (κ1) is 18.0. The fourth-order valence-corrected chi connectivity index (χ4v) is 2.81. The van der Waals surface area contributed by atoms with E-state index in [1.165, 1.54) is 13.5 Å². The first-order valence-electron chi connectivity index (χ1n) is 8.22. The number of carbonyl (C=O) groups is 3. The van der Waals surface area contributed by atoms with Crippen LogP contribution < -0.4 is 10.1 Å². The number of hydrogen-bond donors (Lipinski definition) is 1. The van der Waals surface area contributed by atoms with Crippen molar-refractivity contribution in [3.8, 4) is 5.75 Å². The average Bonchev–Trinajstić information content (AvgIpc) is 2.61. The van der Waals surface area contributed by atoms with Gasteiger partial charge in [-0.05, 0) is 43.0 Å². The molecule has 1 fully saturated rings. The van der Waals surface area contributed by atoms with Gasteiger partial charge in [-0.25, -0.2) is 0 Å². The number of hydrogen-bond acceptors (Lipinski definition) is 5. The van der Waals surface area contributed by atoms with Crippen LogP contribution in [0.3, 0.4) is 0 Å². The maximum atomic E-state index is 11.9. The fourth-order valence-electron chi connectivity index (χ4n) is 2.81. The van der Waals surface area contributed by atoms with E-state index in [1.54, 1.807) is 24.3 Å². The molecule has 0 heterocycles. The molecule has 0 bridgehead atoms. The average molecular weight is 333 g/mol. The lowest BCUT2D eigenvalue weighted by molar-refractivity contribution is -0.149. The lowest BCUT2D eigenvalue weighted by atomic mass is 9.87. The summed E-state index contributed by atoms with van der Waals surface area (Å²) in [4.78, 5) is 35.4. The molecule has 0 aliphatic heterocycles. The lowest BCUT2D eigenvalue weighted by Gasteiger charge is -2.20. The number of benzene rings is 1. The summed E-state index contributed by atoms with van der Waals surface area (Å²) in [6, 6.07) is 6.36. The predicted octanol–water partition coefficient (Wildman–Crippen LogP) is 2.47. The van der Waals surface area contributed by atoms with Gasteiger partial charge in [0, 0.05) is 12.0 Å². The molecule has 0 aromatic heterocycles. The monoisotopic (exact) mass is 333 g/mol. The van der Waals surface area contributed by atoms with Gasteiger partial charge in [-0.15, -0.1) is 0 Å². The Morgan fingerprint density at radius 2 is 1.75 bits per heavy atom. The van der Waals surface area contributed by atoms with E-state index in [-0.39, 0.29) is 5.97 Å². The number of esters is 1. The number of ether oxygens (including phenoxy) is 2. The molecule has 0 unspecified atom stereocenters. The number of amides is 2. The fraction of sp³-hybridized carbons (Fsp3) is 0.500. The molecular formula is C18H23NO5. The van der Waals surface area contributed by atoms with Crippen molar-refractivity contribution in [1.29, 1.82) is 0 Å². The standard InChI is InChI=1S/C18H23NO5/c1-23-15-9-7-14(8-10-15)18(22)19-16(20)12-24-17(21)11-13-5-3-2-4-6-13/h7-10,13H,2-6,11-12H2,1H3,(H,19,20,22). The summed E-state index contributed by atoms with van der Waals surface area (Å²) in [5, 5.41) is 2.20. The third-order valence-corrected chi connectivity index (χ3v) is 4.15. The van der Waals surface area contributed by atoms with Gasteiger partial charge in [0.25, 0.3) is 11.8 Å². The molecule has 6 nitrogen and oxygen atoms in total. The van der Waals surface area contributed by atoms with Gasteiger partial charge < -0.3 is 9.47 Å². The Labute approximate surface area is 141 Å². The first-order valence-corrected chi connectivity index (χ1v) is 8.22. The number of carbonyl (C=O) groups excluding carboxylic acids is 3. The van der Waals surface area contributed by atoms with Crippen LogP contribution in [0.4, 0.5) is 0 Å². The Morgan fingerprint density at radius 1 is 1.08 bits per heavy atom. The molecule has 24 heavy (non-hydrogen) atoms. The van der Waals surface area contributed by atoms with Gasteiger partial charge in [0.05, 0.1) is 7.11 Å². The van der Waals surface area contributed by atoms with Crippen molar-refractivity contribution in [2.45, 2.75) is 38.5 Å². The third kappa shape index (κ3) is 5.68. The molecule has 130 valence electrons. The van der Waals surface area contributed by atoms with E-state index in [9.17, 15) is 14.4 Å². The molecule has 0 radical (unpaired) electrons. The van der Waals surface area contributed by atoms with Crippen LogP contribution in [-0.4, -0.2) is 31.5 Å². The molecule has 0 spiro atoms. The van der Waals surface area contributed by atoms with Crippen molar-refractivity contribution >= 4 is 17.8 Å². The highest BCUT2D eigenvalue weighted by Gasteiger charge is 2.19. The van der Waals surface area contributed by atoms with E-state index in [0.717, 1.165) is 25.7 Å². The summed E-state index contributed by atoms with van der Waals surface area (Å²) < 4.78 is 9.96. The molecule has 1 N–H and O–H groups in total. The van der Waals surface area contributed by atoms with E-state index in [0.29, 0.717) is 23.7 Å². The zero-order valence-electron chi connectivity index (χ0n) is 13.9. The minimum Gasteiger partial charge on any atom is -0.497 e. The van der Waals surface area contributed by atoms with E-state index >= 15 is 0 Å².